The molecule has 0 radical (unpaired) electrons. The Bertz CT molecular complexity index is 640. The van der Waals surface area contributed by atoms with Crippen LogP contribution in [0, 0.1) is 11.8 Å². The van der Waals surface area contributed by atoms with Crippen LogP contribution in [0.2, 0.25) is 0 Å². The number of carboxylic acids is 2. The SMILES string of the molecule is CC.O=C(O)c1ccc(C#Cc2ccc(C(=O)O)cc2)cc1. The molecule has 0 amide bonds. The standard InChI is InChI=1S/C16H10O4.C2H6/c17-15(18)13-7-3-11(4-8-13)1-2-12-5-9-14(10-6-12)16(19)20;1-2/h3-10H,(H,17,18)(H,19,20);1-2H3. The van der Waals surface area contributed by atoms with Crippen molar-refractivity contribution in [3.63, 3.8) is 0 Å². The smallest absolute Gasteiger partial charge is 0.335 e. The van der Waals surface area contributed by atoms with Crippen LogP contribution in [0.15, 0.2) is 48.5 Å². The van der Waals surface area contributed by atoms with Crippen LogP contribution in [0.5, 0.6) is 0 Å². The molecule has 2 N–H and O–H groups in total. The van der Waals surface area contributed by atoms with Gasteiger partial charge in [-0.1, -0.05) is 25.7 Å². The summed E-state index contributed by atoms with van der Waals surface area (Å²) in [5.41, 5.74) is 1.80. The summed E-state index contributed by atoms with van der Waals surface area (Å²) in [6.45, 7) is 4.00. The van der Waals surface area contributed by atoms with Gasteiger partial charge < -0.3 is 10.2 Å². The lowest BCUT2D eigenvalue weighted by Gasteiger charge is -1.95. The molecule has 0 heterocycles. The van der Waals surface area contributed by atoms with Crippen molar-refractivity contribution in [2.24, 2.45) is 0 Å². The van der Waals surface area contributed by atoms with E-state index in [2.05, 4.69) is 11.8 Å². The van der Waals surface area contributed by atoms with E-state index in [1.807, 2.05) is 13.8 Å². The second-order valence-corrected chi connectivity index (χ2v) is 4.02. The normalized spacial score (nSPS) is 8.82. The minimum absolute atomic E-state index is 0.210. The van der Waals surface area contributed by atoms with Crippen LogP contribution in [0.25, 0.3) is 0 Å². The van der Waals surface area contributed by atoms with Crippen LogP contribution in [0.3, 0.4) is 0 Å². The number of rotatable bonds is 2. The first-order chi connectivity index (χ1) is 10.6. The molecular formula is C18H16O4. The average Bonchev–Trinajstić information content (AvgIpc) is 2.55. The summed E-state index contributed by atoms with van der Waals surface area (Å²) in [6, 6.07) is 12.5. The maximum atomic E-state index is 10.7. The molecule has 0 atom stereocenters. The van der Waals surface area contributed by atoms with E-state index in [9.17, 15) is 9.59 Å². The zero-order valence-corrected chi connectivity index (χ0v) is 12.3. The van der Waals surface area contributed by atoms with Crippen LogP contribution < -0.4 is 0 Å². The molecule has 0 aliphatic rings. The number of benzene rings is 2. The molecule has 0 bridgehead atoms. The van der Waals surface area contributed by atoms with E-state index in [-0.39, 0.29) is 11.1 Å². The second-order valence-electron chi connectivity index (χ2n) is 4.02. The van der Waals surface area contributed by atoms with Crippen molar-refractivity contribution in [3.05, 3.63) is 70.8 Å². The molecule has 112 valence electrons. The van der Waals surface area contributed by atoms with E-state index < -0.39 is 11.9 Å². The van der Waals surface area contributed by atoms with Gasteiger partial charge in [-0.05, 0) is 48.5 Å². The van der Waals surface area contributed by atoms with Crippen molar-refractivity contribution in [2.75, 3.05) is 0 Å². The summed E-state index contributed by atoms with van der Waals surface area (Å²) < 4.78 is 0. The monoisotopic (exact) mass is 296 g/mol. The van der Waals surface area contributed by atoms with Gasteiger partial charge in [0.1, 0.15) is 0 Å². The van der Waals surface area contributed by atoms with E-state index in [0.717, 1.165) is 0 Å². The van der Waals surface area contributed by atoms with Crippen LogP contribution in [0.1, 0.15) is 45.7 Å². The molecule has 4 nitrogen and oxygen atoms in total. The molecule has 22 heavy (non-hydrogen) atoms. The Morgan fingerprint density at radius 2 is 0.955 bits per heavy atom. The fourth-order valence-electron chi connectivity index (χ4n) is 1.54. The highest BCUT2D eigenvalue weighted by molar-refractivity contribution is 5.88. The number of hydrogen-bond donors (Lipinski definition) is 2. The Kier molecular flexibility index (Phi) is 6.39. The summed E-state index contributed by atoms with van der Waals surface area (Å²) in [7, 11) is 0. The van der Waals surface area contributed by atoms with Gasteiger partial charge in [-0.3, -0.25) is 0 Å². The lowest BCUT2D eigenvalue weighted by atomic mass is 10.1. The van der Waals surface area contributed by atoms with Gasteiger partial charge in [0, 0.05) is 11.1 Å². The minimum Gasteiger partial charge on any atom is -0.478 e. The number of hydrogen-bond acceptors (Lipinski definition) is 2. The van der Waals surface area contributed by atoms with E-state index in [1.165, 1.54) is 24.3 Å². The first kappa shape index (κ1) is 17.0. The fourth-order valence-corrected chi connectivity index (χ4v) is 1.54. The van der Waals surface area contributed by atoms with Gasteiger partial charge >= 0.3 is 11.9 Å². The predicted molar refractivity (Wildman–Crippen MR) is 84.1 cm³/mol. The third-order valence-electron chi connectivity index (χ3n) is 2.61. The number of carboxylic acid groups (broad SMARTS) is 2. The Morgan fingerprint density at radius 1 is 0.682 bits per heavy atom. The zero-order chi connectivity index (χ0) is 16.5. The average molecular weight is 296 g/mol. The highest BCUT2D eigenvalue weighted by Crippen LogP contribution is 2.05. The summed E-state index contributed by atoms with van der Waals surface area (Å²) in [4.78, 5) is 21.4. The third-order valence-corrected chi connectivity index (χ3v) is 2.61. The Morgan fingerprint density at radius 3 is 1.18 bits per heavy atom. The molecule has 0 aromatic heterocycles. The number of aromatic carboxylic acids is 2. The highest BCUT2D eigenvalue weighted by Gasteiger charge is 2.01. The summed E-state index contributed by atoms with van der Waals surface area (Å²) in [5, 5.41) is 17.5. The predicted octanol–water partition coefficient (Wildman–Crippen LogP) is 3.51. The molecule has 0 unspecified atom stereocenters. The minimum atomic E-state index is -0.978. The molecule has 0 aliphatic carbocycles. The lowest BCUT2D eigenvalue weighted by molar-refractivity contribution is 0.0686. The zero-order valence-electron chi connectivity index (χ0n) is 12.3. The molecule has 4 heteroatoms. The molecule has 0 saturated heterocycles. The van der Waals surface area contributed by atoms with Gasteiger partial charge in [0.05, 0.1) is 11.1 Å². The lowest BCUT2D eigenvalue weighted by Crippen LogP contribution is -1.95. The van der Waals surface area contributed by atoms with Crippen molar-refractivity contribution in [1.29, 1.82) is 0 Å². The maximum Gasteiger partial charge on any atom is 0.335 e. The van der Waals surface area contributed by atoms with Crippen molar-refractivity contribution in [2.45, 2.75) is 13.8 Å². The first-order valence-electron chi connectivity index (χ1n) is 6.75. The first-order valence-corrected chi connectivity index (χ1v) is 6.75. The van der Waals surface area contributed by atoms with E-state index in [1.54, 1.807) is 24.3 Å². The van der Waals surface area contributed by atoms with Crippen LogP contribution >= 0.6 is 0 Å². The Hall–Kier alpha value is -3.06. The molecule has 2 aromatic carbocycles. The van der Waals surface area contributed by atoms with Gasteiger partial charge in [0.25, 0.3) is 0 Å². The van der Waals surface area contributed by atoms with Gasteiger partial charge in [0.2, 0.25) is 0 Å². The van der Waals surface area contributed by atoms with Crippen LogP contribution in [-0.2, 0) is 0 Å². The van der Waals surface area contributed by atoms with E-state index in [0.29, 0.717) is 11.1 Å². The van der Waals surface area contributed by atoms with E-state index >= 15 is 0 Å². The number of carbonyl (C=O) groups is 2. The van der Waals surface area contributed by atoms with Crippen molar-refractivity contribution in [1.82, 2.24) is 0 Å². The van der Waals surface area contributed by atoms with Crippen molar-refractivity contribution < 1.29 is 19.8 Å². The Labute approximate surface area is 129 Å². The molecule has 2 aromatic rings. The molecule has 0 fully saturated rings. The van der Waals surface area contributed by atoms with Crippen LogP contribution in [0.4, 0.5) is 0 Å². The summed E-state index contributed by atoms with van der Waals surface area (Å²) in [6.07, 6.45) is 0. The maximum absolute atomic E-state index is 10.7. The van der Waals surface area contributed by atoms with Crippen molar-refractivity contribution >= 4 is 11.9 Å². The largest absolute Gasteiger partial charge is 0.478 e. The molecule has 0 saturated carbocycles. The molecule has 0 aliphatic heterocycles. The topological polar surface area (TPSA) is 74.6 Å². The van der Waals surface area contributed by atoms with Crippen LogP contribution in [-0.4, -0.2) is 22.2 Å². The molecule has 0 spiro atoms. The fraction of sp³-hybridized carbons (Fsp3) is 0.111. The second kappa shape index (κ2) is 8.28. The van der Waals surface area contributed by atoms with Gasteiger partial charge in [-0.15, -0.1) is 0 Å². The molecular weight excluding hydrogens is 280 g/mol. The summed E-state index contributed by atoms with van der Waals surface area (Å²) >= 11 is 0. The van der Waals surface area contributed by atoms with Gasteiger partial charge in [-0.25, -0.2) is 9.59 Å². The Balaban J connectivity index is 0.00000116. The quantitative estimate of drug-likeness (QED) is 0.832. The molecule has 2 rings (SSSR count). The van der Waals surface area contributed by atoms with Crippen molar-refractivity contribution in [3.8, 4) is 11.8 Å². The van der Waals surface area contributed by atoms with Gasteiger partial charge in [-0.2, -0.15) is 0 Å². The van der Waals surface area contributed by atoms with E-state index in [4.69, 9.17) is 10.2 Å². The summed E-state index contributed by atoms with van der Waals surface area (Å²) in [5.74, 6) is 3.81. The van der Waals surface area contributed by atoms with Gasteiger partial charge in [0.15, 0.2) is 0 Å². The third kappa shape index (κ3) is 4.80. The highest BCUT2D eigenvalue weighted by atomic mass is 16.4.